The molecular formula is C13H8BrF3N2O2. The van der Waals surface area contributed by atoms with Gasteiger partial charge in [-0.3, -0.25) is 10.1 Å². The van der Waals surface area contributed by atoms with Crippen molar-refractivity contribution in [3.8, 4) is 0 Å². The van der Waals surface area contributed by atoms with Crippen LogP contribution in [0.2, 0.25) is 0 Å². The molecule has 0 spiro atoms. The second-order valence-corrected chi connectivity index (χ2v) is 5.00. The number of nitro groups is 1. The summed E-state index contributed by atoms with van der Waals surface area (Å²) >= 11 is 3.06. The van der Waals surface area contributed by atoms with Gasteiger partial charge in [0.2, 0.25) is 0 Å². The molecule has 2 aromatic rings. The van der Waals surface area contributed by atoms with E-state index in [-0.39, 0.29) is 22.3 Å². The summed E-state index contributed by atoms with van der Waals surface area (Å²) in [5, 5.41) is 13.5. The van der Waals surface area contributed by atoms with E-state index in [1.165, 1.54) is 18.2 Å². The molecule has 0 unspecified atom stereocenters. The van der Waals surface area contributed by atoms with Gasteiger partial charge >= 0.3 is 0 Å². The van der Waals surface area contributed by atoms with E-state index in [1.807, 2.05) is 0 Å². The maximum absolute atomic E-state index is 13.0. The summed E-state index contributed by atoms with van der Waals surface area (Å²) in [4.78, 5) is 10.1. The van der Waals surface area contributed by atoms with Crippen molar-refractivity contribution in [3.63, 3.8) is 0 Å². The summed E-state index contributed by atoms with van der Waals surface area (Å²) < 4.78 is 39.2. The maximum atomic E-state index is 13.0. The zero-order chi connectivity index (χ0) is 15.6. The Morgan fingerprint density at radius 2 is 1.76 bits per heavy atom. The van der Waals surface area contributed by atoms with Gasteiger partial charge in [-0.2, -0.15) is 0 Å². The molecule has 0 fully saturated rings. The minimum absolute atomic E-state index is 0.0401. The molecule has 0 saturated carbocycles. The van der Waals surface area contributed by atoms with Crippen LogP contribution in [-0.4, -0.2) is 4.92 Å². The van der Waals surface area contributed by atoms with Crippen molar-refractivity contribution < 1.29 is 18.1 Å². The number of nitrogens with one attached hydrogen (secondary N) is 1. The van der Waals surface area contributed by atoms with Gasteiger partial charge in [-0.1, -0.05) is 0 Å². The summed E-state index contributed by atoms with van der Waals surface area (Å²) in [6, 6.07) is 5.98. The molecule has 1 N–H and O–H groups in total. The van der Waals surface area contributed by atoms with Gasteiger partial charge in [-0.25, -0.2) is 13.2 Å². The fourth-order valence-corrected chi connectivity index (χ4v) is 2.20. The van der Waals surface area contributed by atoms with E-state index in [9.17, 15) is 23.3 Å². The van der Waals surface area contributed by atoms with Crippen LogP contribution in [0.5, 0.6) is 0 Å². The van der Waals surface area contributed by atoms with Crippen LogP contribution >= 0.6 is 15.9 Å². The zero-order valence-corrected chi connectivity index (χ0v) is 12.0. The quantitative estimate of drug-likeness (QED) is 0.499. The summed E-state index contributed by atoms with van der Waals surface area (Å²) in [5.41, 5.74) is 0.623. The lowest BCUT2D eigenvalue weighted by Crippen LogP contribution is -2.02. The molecule has 0 bridgehead atoms. The average Bonchev–Trinajstić information content (AvgIpc) is 2.42. The fourth-order valence-electron chi connectivity index (χ4n) is 1.68. The van der Waals surface area contributed by atoms with E-state index in [0.717, 1.165) is 12.1 Å². The molecule has 0 aliphatic rings. The van der Waals surface area contributed by atoms with Crippen LogP contribution < -0.4 is 5.32 Å². The minimum Gasteiger partial charge on any atom is -0.381 e. The SMILES string of the molecule is O=[N+]([O-])c1ccc(NCc2cc(F)c(F)c(F)c2)cc1Br. The molecule has 0 aromatic heterocycles. The third-order valence-corrected chi connectivity index (χ3v) is 3.32. The standard InChI is InChI=1S/C13H8BrF3N2O2/c14-9-5-8(1-2-12(9)19(20)21)18-6-7-3-10(15)13(17)11(16)4-7/h1-5,18H,6H2. The molecule has 0 radical (unpaired) electrons. The van der Waals surface area contributed by atoms with E-state index < -0.39 is 22.4 Å². The number of halogens is 4. The number of nitro benzene ring substituents is 1. The molecule has 0 aliphatic carbocycles. The third-order valence-electron chi connectivity index (χ3n) is 2.68. The van der Waals surface area contributed by atoms with Gasteiger partial charge in [0.25, 0.3) is 5.69 Å². The van der Waals surface area contributed by atoms with E-state index in [2.05, 4.69) is 21.2 Å². The summed E-state index contributed by atoms with van der Waals surface area (Å²) in [7, 11) is 0. The third kappa shape index (κ3) is 3.52. The lowest BCUT2D eigenvalue weighted by Gasteiger charge is -2.08. The molecule has 4 nitrogen and oxygen atoms in total. The summed E-state index contributed by atoms with van der Waals surface area (Å²) in [5.74, 6) is -4.05. The Morgan fingerprint density at radius 3 is 2.29 bits per heavy atom. The lowest BCUT2D eigenvalue weighted by molar-refractivity contribution is -0.385. The van der Waals surface area contributed by atoms with Gasteiger partial charge in [-0.15, -0.1) is 0 Å². The van der Waals surface area contributed by atoms with Gasteiger partial charge in [0.15, 0.2) is 17.5 Å². The molecule has 110 valence electrons. The van der Waals surface area contributed by atoms with Crippen LogP contribution in [0, 0.1) is 27.6 Å². The van der Waals surface area contributed by atoms with Gasteiger partial charge in [-0.05, 0) is 45.8 Å². The molecule has 0 heterocycles. The predicted molar refractivity (Wildman–Crippen MR) is 74.4 cm³/mol. The second-order valence-electron chi connectivity index (χ2n) is 4.15. The molecule has 0 amide bonds. The lowest BCUT2D eigenvalue weighted by atomic mass is 10.2. The Hall–Kier alpha value is -2.09. The van der Waals surface area contributed by atoms with E-state index >= 15 is 0 Å². The first-order chi connectivity index (χ1) is 9.88. The normalized spacial score (nSPS) is 10.5. The Kier molecular flexibility index (Phi) is 4.46. The van der Waals surface area contributed by atoms with Crippen molar-refractivity contribution in [2.24, 2.45) is 0 Å². The van der Waals surface area contributed by atoms with Crippen molar-refractivity contribution in [3.05, 3.63) is 67.9 Å². The molecule has 2 aromatic carbocycles. The highest BCUT2D eigenvalue weighted by atomic mass is 79.9. The topological polar surface area (TPSA) is 55.2 Å². The van der Waals surface area contributed by atoms with Crippen LogP contribution in [0.15, 0.2) is 34.8 Å². The molecule has 8 heteroatoms. The van der Waals surface area contributed by atoms with Crippen LogP contribution in [0.4, 0.5) is 24.5 Å². The number of nitrogens with zero attached hydrogens (tertiary/aromatic N) is 1. The smallest absolute Gasteiger partial charge is 0.283 e. The van der Waals surface area contributed by atoms with E-state index in [4.69, 9.17) is 0 Å². The fraction of sp³-hybridized carbons (Fsp3) is 0.0769. The van der Waals surface area contributed by atoms with Crippen LogP contribution in [0.1, 0.15) is 5.56 Å². The first-order valence-electron chi connectivity index (χ1n) is 5.69. The Balaban J connectivity index is 2.13. The maximum Gasteiger partial charge on any atom is 0.283 e. The van der Waals surface area contributed by atoms with Gasteiger partial charge in [0, 0.05) is 18.3 Å². The second kappa shape index (κ2) is 6.13. The largest absolute Gasteiger partial charge is 0.381 e. The van der Waals surface area contributed by atoms with Gasteiger partial charge in [0.1, 0.15) is 0 Å². The van der Waals surface area contributed by atoms with Gasteiger partial charge < -0.3 is 5.32 Å². The predicted octanol–water partition coefficient (Wildman–Crippen LogP) is 4.39. The van der Waals surface area contributed by atoms with Crippen LogP contribution in [0.3, 0.4) is 0 Å². The first kappa shape index (κ1) is 15.3. The Labute approximate surface area is 125 Å². The molecule has 0 atom stereocenters. The van der Waals surface area contributed by atoms with Crippen molar-refractivity contribution in [1.29, 1.82) is 0 Å². The molecular weight excluding hydrogens is 353 g/mol. The summed E-state index contributed by atoms with van der Waals surface area (Å²) in [6.45, 7) is 0.0401. The van der Waals surface area contributed by atoms with Gasteiger partial charge in [0.05, 0.1) is 9.40 Å². The first-order valence-corrected chi connectivity index (χ1v) is 6.49. The number of anilines is 1. The minimum atomic E-state index is -1.52. The van der Waals surface area contributed by atoms with Crippen molar-refractivity contribution in [2.45, 2.75) is 6.54 Å². The molecule has 0 aliphatic heterocycles. The number of hydrogen-bond acceptors (Lipinski definition) is 3. The van der Waals surface area contributed by atoms with Crippen LogP contribution in [0.25, 0.3) is 0 Å². The number of benzene rings is 2. The van der Waals surface area contributed by atoms with Crippen molar-refractivity contribution >= 4 is 27.3 Å². The molecule has 0 saturated heterocycles. The zero-order valence-electron chi connectivity index (χ0n) is 10.4. The van der Waals surface area contributed by atoms with Crippen molar-refractivity contribution in [2.75, 3.05) is 5.32 Å². The molecule has 21 heavy (non-hydrogen) atoms. The number of rotatable bonds is 4. The highest BCUT2D eigenvalue weighted by molar-refractivity contribution is 9.10. The highest BCUT2D eigenvalue weighted by Crippen LogP contribution is 2.28. The average molecular weight is 361 g/mol. The highest BCUT2D eigenvalue weighted by Gasteiger charge is 2.13. The monoisotopic (exact) mass is 360 g/mol. The summed E-state index contributed by atoms with van der Waals surface area (Å²) in [6.07, 6.45) is 0. The van der Waals surface area contributed by atoms with E-state index in [0.29, 0.717) is 5.69 Å². The van der Waals surface area contributed by atoms with E-state index in [1.54, 1.807) is 0 Å². The van der Waals surface area contributed by atoms with Crippen LogP contribution in [-0.2, 0) is 6.54 Å². The van der Waals surface area contributed by atoms with Crippen molar-refractivity contribution in [1.82, 2.24) is 0 Å². The Bertz CT molecular complexity index is 687. The molecule has 2 rings (SSSR count). The number of hydrogen-bond donors (Lipinski definition) is 1. The Morgan fingerprint density at radius 1 is 1.14 bits per heavy atom.